The van der Waals surface area contributed by atoms with Gasteiger partial charge in [0.05, 0.1) is 23.5 Å². The lowest BCUT2D eigenvalue weighted by atomic mass is 9.70. The molecule has 2 aromatic heterocycles. The monoisotopic (exact) mass is 520 g/mol. The van der Waals surface area contributed by atoms with Crippen molar-refractivity contribution in [1.82, 2.24) is 25.4 Å². The van der Waals surface area contributed by atoms with Gasteiger partial charge >= 0.3 is 0 Å². The van der Waals surface area contributed by atoms with Gasteiger partial charge in [-0.2, -0.15) is 0 Å². The third-order valence-electron chi connectivity index (χ3n) is 7.95. The van der Waals surface area contributed by atoms with Crippen LogP contribution < -0.4 is 14.4 Å². The maximum atomic E-state index is 15.3. The first-order valence-corrected chi connectivity index (χ1v) is 13.5. The summed E-state index contributed by atoms with van der Waals surface area (Å²) in [6.07, 6.45) is 7.36. The van der Waals surface area contributed by atoms with Gasteiger partial charge in [0.1, 0.15) is 25.1 Å². The molecule has 9 nitrogen and oxygen atoms in total. The minimum Gasteiger partial charge on any atom is -0.507 e. The van der Waals surface area contributed by atoms with Gasteiger partial charge in [-0.05, 0) is 56.1 Å². The lowest BCUT2D eigenvalue weighted by molar-refractivity contribution is 0.0994. The fourth-order valence-corrected chi connectivity index (χ4v) is 5.89. The zero-order chi connectivity index (χ0) is 26.3. The van der Waals surface area contributed by atoms with E-state index in [1.807, 2.05) is 6.07 Å². The van der Waals surface area contributed by atoms with Crippen LogP contribution in [0.1, 0.15) is 58.8 Å². The molecule has 3 heterocycles. The first-order chi connectivity index (χ1) is 18.4. The van der Waals surface area contributed by atoms with Crippen molar-refractivity contribution in [3.63, 3.8) is 0 Å². The SMILES string of the molecule is CCC[C@]1(C)CC[C@H](F)[C@H](N(c2cnc(-c3ccc(-c4cc5c(nn4)OCCO5)cc3O)nn2)C2CC2)C1. The third-order valence-corrected chi connectivity index (χ3v) is 7.95. The Balaban J connectivity index is 1.23. The van der Waals surface area contributed by atoms with Crippen molar-refractivity contribution in [2.75, 3.05) is 18.1 Å². The molecule has 0 spiro atoms. The van der Waals surface area contributed by atoms with Crippen LogP contribution in [0.4, 0.5) is 10.2 Å². The number of nitrogens with zero attached hydrogens (tertiary/aromatic N) is 6. The summed E-state index contributed by atoms with van der Waals surface area (Å²) in [7, 11) is 0. The summed E-state index contributed by atoms with van der Waals surface area (Å²) in [5, 5.41) is 27.9. The van der Waals surface area contributed by atoms with Crippen LogP contribution in [-0.2, 0) is 0 Å². The molecule has 3 aliphatic rings. The molecule has 1 N–H and O–H groups in total. The molecule has 2 saturated carbocycles. The summed E-state index contributed by atoms with van der Waals surface area (Å²) in [6, 6.07) is 6.94. The Morgan fingerprint density at radius 2 is 1.92 bits per heavy atom. The summed E-state index contributed by atoms with van der Waals surface area (Å²) in [5.41, 5.74) is 1.81. The van der Waals surface area contributed by atoms with Gasteiger partial charge in [-0.1, -0.05) is 26.3 Å². The highest BCUT2D eigenvalue weighted by atomic mass is 19.1. The van der Waals surface area contributed by atoms with Crippen LogP contribution in [-0.4, -0.2) is 62.0 Å². The highest BCUT2D eigenvalue weighted by Crippen LogP contribution is 2.46. The number of rotatable bonds is 7. The van der Waals surface area contributed by atoms with E-state index < -0.39 is 6.17 Å². The molecule has 200 valence electrons. The Morgan fingerprint density at radius 3 is 2.66 bits per heavy atom. The Bertz CT molecular complexity index is 1300. The minimum absolute atomic E-state index is 0.000719. The molecule has 0 radical (unpaired) electrons. The fraction of sp³-hybridized carbons (Fsp3) is 0.536. The highest BCUT2D eigenvalue weighted by molar-refractivity contribution is 5.72. The van der Waals surface area contributed by atoms with Gasteiger partial charge in [0.2, 0.25) is 0 Å². The Labute approximate surface area is 221 Å². The van der Waals surface area contributed by atoms with Gasteiger partial charge in [-0.25, -0.2) is 9.37 Å². The number of phenolic OH excluding ortho intramolecular Hbond substituents is 1. The second-order valence-electron chi connectivity index (χ2n) is 11.0. The van der Waals surface area contributed by atoms with Crippen molar-refractivity contribution in [3.8, 4) is 40.0 Å². The van der Waals surface area contributed by atoms with Gasteiger partial charge in [-0.3, -0.25) is 0 Å². The number of phenols is 1. The summed E-state index contributed by atoms with van der Waals surface area (Å²) in [5.74, 6) is 1.80. The molecule has 0 bridgehead atoms. The highest BCUT2D eigenvalue weighted by Gasteiger charge is 2.45. The lowest BCUT2D eigenvalue weighted by Crippen LogP contribution is -2.50. The number of aromatic hydroxyl groups is 1. The predicted molar refractivity (Wildman–Crippen MR) is 140 cm³/mol. The van der Waals surface area contributed by atoms with E-state index in [2.05, 4.69) is 44.1 Å². The van der Waals surface area contributed by atoms with E-state index in [1.165, 1.54) is 0 Å². The van der Waals surface area contributed by atoms with E-state index in [9.17, 15) is 5.11 Å². The van der Waals surface area contributed by atoms with E-state index in [1.54, 1.807) is 24.4 Å². The topological polar surface area (TPSA) is 106 Å². The van der Waals surface area contributed by atoms with Crippen LogP contribution in [0.3, 0.4) is 0 Å². The number of halogens is 1. The smallest absolute Gasteiger partial charge is 0.276 e. The van der Waals surface area contributed by atoms with Crippen LogP contribution in [0.2, 0.25) is 0 Å². The molecule has 1 aliphatic heterocycles. The average molecular weight is 521 g/mol. The molecule has 6 rings (SSSR count). The van der Waals surface area contributed by atoms with E-state index in [-0.39, 0.29) is 23.2 Å². The van der Waals surface area contributed by atoms with Gasteiger partial charge in [-0.15, -0.1) is 20.4 Å². The van der Waals surface area contributed by atoms with Crippen molar-refractivity contribution in [2.24, 2.45) is 5.41 Å². The van der Waals surface area contributed by atoms with E-state index in [4.69, 9.17) is 9.47 Å². The number of aromatic nitrogens is 5. The lowest BCUT2D eigenvalue weighted by Gasteiger charge is -2.45. The maximum Gasteiger partial charge on any atom is 0.276 e. The summed E-state index contributed by atoms with van der Waals surface area (Å²) in [6.45, 7) is 5.37. The number of hydrogen-bond acceptors (Lipinski definition) is 9. The molecule has 3 aromatic rings. The van der Waals surface area contributed by atoms with Gasteiger partial charge in [0, 0.05) is 17.7 Å². The van der Waals surface area contributed by atoms with Crippen LogP contribution >= 0.6 is 0 Å². The van der Waals surface area contributed by atoms with Crippen molar-refractivity contribution < 1.29 is 19.0 Å². The molecule has 1 aromatic carbocycles. The minimum atomic E-state index is -0.887. The summed E-state index contributed by atoms with van der Waals surface area (Å²) >= 11 is 0. The zero-order valence-electron chi connectivity index (χ0n) is 21.8. The number of hydrogen-bond donors (Lipinski definition) is 1. The molecule has 0 unspecified atom stereocenters. The molecular formula is C28H33FN6O3. The van der Waals surface area contributed by atoms with Crippen molar-refractivity contribution in [3.05, 3.63) is 30.5 Å². The van der Waals surface area contributed by atoms with Crippen LogP contribution in [0.25, 0.3) is 22.6 Å². The van der Waals surface area contributed by atoms with Gasteiger partial charge < -0.3 is 19.5 Å². The maximum absolute atomic E-state index is 15.3. The number of fused-ring (bicyclic) bond motifs is 1. The second kappa shape index (κ2) is 9.96. The number of benzene rings is 1. The molecule has 3 atom stereocenters. The van der Waals surface area contributed by atoms with Crippen LogP contribution in [0.15, 0.2) is 30.5 Å². The molecule has 0 amide bonds. The van der Waals surface area contributed by atoms with Crippen molar-refractivity contribution in [2.45, 2.75) is 77.0 Å². The molecular weight excluding hydrogens is 487 g/mol. The molecule has 38 heavy (non-hydrogen) atoms. The zero-order valence-corrected chi connectivity index (χ0v) is 21.8. The standard InChI is InChI=1S/C28H33FN6O3/c1-3-9-28(2)10-8-20(29)22(15-28)35(18-5-6-18)25-16-30-26(33-32-25)19-7-4-17(13-23(19)36)21-14-24-27(34-31-21)38-12-11-37-24/h4,7,13-14,16,18,20,22,36H,3,5-6,8-12,15H2,1-2H3/t20-,22+,28+/m0/s1. The third kappa shape index (κ3) is 4.83. The quantitative estimate of drug-likeness (QED) is 0.453. The normalized spacial score (nSPS) is 24.7. The van der Waals surface area contributed by atoms with Crippen molar-refractivity contribution in [1.29, 1.82) is 0 Å². The van der Waals surface area contributed by atoms with Gasteiger partial charge in [0.25, 0.3) is 5.88 Å². The Hall–Kier alpha value is -3.56. The predicted octanol–water partition coefficient (Wildman–Crippen LogP) is 5.14. The molecule has 10 heteroatoms. The molecule has 0 saturated heterocycles. The summed E-state index contributed by atoms with van der Waals surface area (Å²) < 4.78 is 26.3. The number of ether oxygens (including phenoxy) is 2. The van der Waals surface area contributed by atoms with E-state index in [0.29, 0.717) is 59.7 Å². The average Bonchev–Trinajstić information content (AvgIpc) is 3.76. The van der Waals surface area contributed by atoms with Crippen LogP contribution in [0, 0.1) is 5.41 Å². The fourth-order valence-electron chi connectivity index (χ4n) is 5.89. The van der Waals surface area contributed by atoms with Gasteiger partial charge in [0.15, 0.2) is 17.4 Å². The first kappa shape index (κ1) is 24.8. The largest absolute Gasteiger partial charge is 0.507 e. The Kier molecular flexibility index (Phi) is 6.49. The summed E-state index contributed by atoms with van der Waals surface area (Å²) in [4.78, 5) is 6.66. The number of alkyl halides is 1. The Morgan fingerprint density at radius 1 is 1.08 bits per heavy atom. The first-order valence-electron chi connectivity index (χ1n) is 13.5. The van der Waals surface area contributed by atoms with E-state index in [0.717, 1.165) is 38.5 Å². The van der Waals surface area contributed by atoms with Crippen molar-refractivity contribution >= 4 is 5.82 Å². The molecule has 2 aliphatic carbocycles. The van der Waals surface area contributed by atoms with E-state index >= 15 is 4.39 Å². The van der Waals surface area contributed by atoms with Crippen LogP contribution in [0.5, 0.6) is 17.4 Å². The number of anilines is 1. The molecule has 2 fully saturated rings. The second-order valence-corrected chi connectivity index (χ2v) is 11.0.